The Morgan fingerprint density at radius 3 is 2.13 bits per heavy atom. The first kappa shape index (κ1) is 21.4. The molecule has 6 heteroatoms. The smallest absolute Gasteiger partial charge is 0.338 e. The summed E-state index contributed by atoms with van der Waals surface area (Å²) in [5.41, 5.74) is 2.08. The number of carbonyl (C=O) groups is 4. The van der Waals surface area contributed by atoms with E-state index in [-0.39, 0.29) is 28.4 Å². The minimum Gasteiger partial charge on any atom is -0.451 e. The molecule has 1 aliphatic rings. The van der Waals surface area contributed by atoms with Crippen molar-refractivity contribution >= 4 is 23.6 Å². The van der Waals surface area contributed by atoms with Crippen LogP contribution in [-0.2, 0) is 4.74 Å². The normalized spacial score (nSPS) is 14.1. The van der Waals surface area contributed by atoms with Crippen LogP contribution in [0, 0.1) is 12.8 Å². The van der Waals surface area contributed by atoms with Gasteiger partial charge in [-0.2, -0.15) is 0 Å². The van der Waals surface area contributed by atoms with Crippen LogP contribution in [0.25, 0.3) is 0 Å². The number of hydrogen-bond acceptors (Lipinski definition) is 5. The van der Waals surface area contributed by atoms with E-state index in [4.69, 9.17) is 4.74 Å². The SMILES string of the molecule is Cc1ccc(C(=O)[C@@H](C)OC(=O)c2ccc3c(c2)C(=O)N(CCC(C)C)C3=O)cc1. The predicted octanol–water partition coefficient (Wildman–Crippen LogP) is 4.07. The Balaban J connectivity index is 1.73. The van der Waals surface area contributed by atoms with Crippen LogP contribution >= 0.6 is 0 Å². The fraction of sp³-hybridized carbons (Fsp3) is 0.333. The van der Waals surface area contributed by atoms with Gasteiger partial charge in [-0.3, -0.25) is 19.3 Å². The molecule has 1 atom stereocenters. The molecule has 0 saturated heterocycles. The van der Waals surface area contributed by atoms with Gasteiger partial charge in [0.15, 0.2) is 6.10 Å². The minimum atomic E-state index is -0.978. The van der Waals surface area contributed by atoms with E-state index in [1.54, 1.807) is 12.1 Å². The van der Waals surface area contributed by atoms with Gasteiger partial charge in [0.2, 0.25) is 5.78 Å². The monoisotopic (exact) mass is 407 g/mol. The van der Waals surface area contributed by atoms with E-state index >= 15 is 0 Å². The largest absolute Gasteiger partial charge is 0.451 e. The number of carbonyl (C=O) groups excluding carboxylic acids is 4. The highest BCUT2D eigenvalue weighted by molar-refractivity contribution is 6.22. The van der Waals surface area contributed by atoms with Crippen molar-refractivity contribution < 1.29 is 23.9 Å². The van der Waals surface area contributed by atoms with Gasteiger partial charge in [-0.05, 0) is 44.4 Å². The fourth-order valence-corrected chi connectivity index (χ4v) is 3.24. The first-order valence-corrected chi connectivity index (χ1v) is 10.0. The summed E-state index contributed by atoms with van der Waals surface area (Å²) in [5, 5.41) is 0. The summed E-state index contributed by atoms with van der Waals surface area (Å²) in [6.07, 6.45) is -0.271. The number of ether oxygens (including phenoxy) is 1. The van der Waals surface area contributed by atoms with Gasteiger partial charge >= 0.3 is 5.97 Å². The van der Waals surface area contributed by atoms with Crippen LogP contribution in [-0.4, -0.2) is 41.1 Å². The summed E-state index contributed by atoms with van der Waals surface area (Å²) < 4.78 is 5.31. The van der Waals surface area contributed by atoms with E-state index in [1.165, 1.54) is 30.0 Å². The molecule has 0 unspecified atom stereocenters. The summed E-state index contributed by atoms with van der Waals surface area (Å²) >= 11 is 0. The Hall–Kier alpha value is -3.28. The lowest BCUT2D eigenvalue weighted by molar-refractivity contribution is 0.0318. The number of hydrogen-bond donors (Lipinski definition) is 0. The molecule has 1 aliphatic heterocycles. The number of imide groups is 1. The molecule has 156 valence electrons. The van der Waals surface area contributed by atoms with Gasteiger partial charge in [-0.15, -0.1) is 0 Å². The Morgan fingerprint density at radius 2 is 1.50 bits per heavy atom. The highest BCUT2D eigenvalue weighted by Gasteiger charge is 2.36. The number of ketones is 1. The molecular weight excluding hydrogens is 382 g/mol. The molecular formula is C24H25NO5. The second-order valence-electron chi connectivity index (χ2n) is 7.98. The maximum Gasteiger partial charge on any atom is 0.338 e. The highest BCUT2D eigenvalue weighted by atomic mass is 16.5. The van der Waals surface area contributed by atoms with Gasteiger partial charge in [-0.1, -0.05) is 43.7 Å². The molecule has 2 aromatic rings. The molecule has 0 aliphatic carbocycles. The molecule has 0 spiro atoms. The van der Waals surface area contributed by atoms with Gasteiger partial charge in [-0.25, -0.2) is 4.79 Å². The van der Waals surface area contributed by atoms with Gasteiger partial charge < -0.3 is 4.74 Å². The highest BCUT2D eigenvalue weighted by Crippen LogP contribution is 2.25. The van der Waals surface area contributed by atoms with E-state index in [1.807, 2.05) is 32.9 Å². The van der Waals surface area contributed by atoms with Crippen LogP contribution in [0.1, 0.15) is 74.2 Å². The number of benzene rings is 2. The van der Waals surface area contributed by atoms with Gasteiger partial charge in [0.1, 0.15) is 0 Å². The van der Waals surface area contributed by atoms with Crippen molar-refractivity contribution in [2.24, 2.45) is 5.92 Å². The zero-order valence-corrected chi connectivity index (χ0v) is 17.6. The summed E-state index contributed by atoms with van der Waals surface area (Å²) in [5.74, 6) is -1.43. The lowest BCUT2D eigenvalue weighted by atomic mass is 10.0. The van der Waals surface area contributed by atoms with Crippen molar-refractivity contribution in [1.29, 1.82) is 0 Å². The standard InChI is InChI=1S/C24H25NO5/c1-14(2)11-12-25-22(27)19-10-9-18(13-20(19)23(25)28)24(29)30-16(4)21(26)17-7-5-15(3)6-8-17/h5-10,13-14,16H,11-12H2,1-4H3/t16-/m1/s1. The molecule has 0 bridgehead atoms. The van der Waals surface area contributed by atoms with Gasteiger partial charge in [0.05, 0.1) is 16.7 Å². The predicted molar refractivity (Wildman–Crippen MR) is 112 cm³/mol. The van der Waals surface area contributed by atoms with Crippen molar-refractivity contribution in [3.05, 3.63) is 70.3 Å². The Labute approximate surface area is 175 Å². The third kappa shape index (κ3) is 4.32. The first-order chi connectivity index (χ1) is 14.2. The van der Waals surface area contributed by atoms with E-state index in [0.29, 0.717) is 24.4 Å². The zero-order chi connectivity index (χ0) is 22.0. The number of nitrogens with zero attached hydrogens (tertiary/aromatic N) is 1. The van der Waals surface area contributed by atoms with E-state index < -0.39 is 18.0 Å². The molecule has 2 aromatic carbocycles. The van der Waals surface area contributed by atoms with E-state index in [9.17, 15) is 19.2 Å². The molecule has 1 heterocycles. The maximum atomic E-state index is 12.6. The van der Waals surface area contributed by atoms with Crippen LogP contribution < -0.4 is 0 Å². The summed E-state index contributed by atoms with van der Waals surface area (Å²) in [6, 6.07) is 11.3. The quantitative estimate of drug-likeness (QED) is 0.393. The first-order valence-electron chi connectivity index (χ1n) is 10.0. The van der Waals surface area contributed by atoms with Crippen LogP contribution in [0.4, 0.5) is 0 Å². The van der Waals surface area contributed by atoms with Crippen LogP contribution in [0.15, 0.2) is 42.5 Å². The summed E-state index contributed by atoms with van der Waals surface area (Å²) in [7, 11) is 0. The topological polar surface area (TPSA) is 80.8 Å². The van der Waals surface area contributed by atoms with Crippen molar-refractivity contribution in [3.63, 3.8) is 0 Å². The summed E-state index contributed by atoms with van der Waals surface area (Å²) in [6.45, 7) is 7.81. The third-order valence-corrected chi connectivity index (χ3v) is 5.13. The lowest BCUT2D eigenvalue weighted by Crippen LogP contribution is -2.31. The molecule has 2 amide bonds. The van der Waals surface area contributed by atoms with E-state index in [2.05, 4.69) is 0 Å². The van der Waals surface area contributed by atoms with Gasteiger partial charge in [0.25, 0.3) is 11.8 Å². The molecule has 0 saturated carbocycles. The second-order valence-corrected chi connectivity index (χ2v) is 7.98. The number of aryl methyl sites for hydroxylation is 1. The molecule has 0 aromatic heterocycles. The zero-order valence-electron chi connectivity index (χ0n) is 17.6. The van der Waals surface area contributed by atoms with E-state index in [0.717, 1.165) is 5.56 Å². The van der Waals surface area contributed by atoms with Crippen molar-refractivity contribution in [2.45, 2.75) is 40.2 Å². The molecule has 3 rings (SSSR count). The number of fused-ring (bicyclic) bond motifs is 1. The Bertz CT molecular complexity index is 1010. The maximum absolute atomic E-state index is 12.6. The summed E-state index contributed by atoms with van der Waals surface area (Å²) in [4.78, 5) is 51.4. The van der Waals surface area contributed by atoms with Crippen LogP contribution in [0.3, 0.4) is 0 Å². The lowest BCUT2D eigenvalue weighted by Gasteiger charge is -2.14. The van der Waals surface area contributed by atoms with Crippen LogP contribution in [0.5, 0.6) is 0 Å². The second kappa shape index (κ2) is 8.61. The average molecular weight is 407 g/mol. The van der Waals surface area contributed by atoms with Gasteiger partial charge in [0, 0.05) is 12.1 Å². The fourth-order valence-electron chi connectivity index (χ4n) is 3.24. The van der Waals surface area contributed by atoms with Crippen molar-refractivity contribution in [3.8, 4) is 0 Å². The van der Waals surface area contributed by atoms with Crippen LogP contribution in [0.2, 0.25) is 0 Å². The third-order valence-electron chi connectivity index (χ3n) is 5.13. The molecule has 0 radical (unpaired) electrons. The Kier molecular flexibility index (Phi) is 6.15. The number of amides is 2. The number of rotatable bonds is 7. The molecule has 30 heavy (non-hydrogen) atoms. The molecule has 0 fully saturated rings. The Morgan fingerprint density at radius 1 is 0.900 bits per heavy atom. The number of esters is 1. The average Bonchev–Trinajstić information content (AvgIpc) is 2.95. The van der Waals surface area contributed by atoms with Crippen molar-refractivity contribution in [2.75, 3.05) is 6.54 Å². The number of Topliss-reactive ketones (excluding diaryl/α,β-unsaturated/α-hetero) is 1. The minimum absolute atomic E-state index is 0.129. The molecule has 6 nitrogen and oxygen atoms in total. The molecule has 0 N–H and O–H groups in total. The van der Waals surface area contributed by atoms with Crippen molar-refractivity contribution in [1.82, 2.24) is 4.90 Å².